The van der Waals surface area contributed by atoms with Gasteiger partial charge in [-0.1, -0.05) is 36.2 Å². The smallest absolute Gasteiger partial charge is 0.193 e. The van der Waals surface area contributed by atoms with Gasteiger partial charge in [0, 0.05) is 30.8 Å². The van der Waals surface area contributed by atoms with Gasteiger partial charge < -0.3 is 0 Å². The fraction of sp³-hybridized carbons (Fsp3) is 0.158. The summed E-state index contributed by atoms with van der Waals surface area (Å²) in [6, 6.07) is 13.5. The molecular formula is C19H19N3OS. The van der Waals surface area contributed by atoms with Crippen LogP contribution in [0.2, 0.25) is 0 Å². The van der Waals surface area contributed by atoms with E-state index in [4.69, 9.17) is 0 Å². The third-order valence-corrected chi connectivity index (χ3v) is 4.65. The highest BCUT2D eigenvalue weighted by atomic mass is 32.2. The minimum Gasteiger partial charge on any atom is -0.298 e. The topological polar surface area (TPSA) is 38.1 Å². The molecule has 3 rings (SSSR count). The number of hydrogen-bond acceptors (Lipinski definition) is 4. The van der Waals surface area contributed by atoms with Crippen molar-refractivity contribution in [1.29, 1.82) is 0 Å². The van der Waals surface area contributed by atoms with Crippen LogP contribution in [0.1, 0.15) is 5.56 Å². The number of hydrogen-bond donors (Lipinski definition) is 0. The Morgan fingerprint density at radius 2 is 2.04 bits per heavy atom. The second kappa shape index (κ2) is 6.93. The molecule has 0 bridgehead atoms. The molecule has 2 heterocycles. The molecule has 5 heteroatoms. The number of aryl methyl sites for hydroxylation is 1. The summed E-state index contributed by atoms with van der Waals surface area (Å²) in [5.41, 5.74) is 2.56. The molecule has 0 aliphatic heterocycles. The number of pyridine rings is 2. The van der Waals surface area contributed by atoms with Crippen molar-refractivity contribution in [1.82, 2.24) is 9.55 Å². The van der Waals surface area contributed by atoms with Crippen molar-refractivity contribution < 1.29 is 0 Å². The highest BCUT2D eigenvalue weighted by molar-refractivity contribution is 7.99. The molecular weight excluding hydrogens is 318 g/mol. The highest BCUT2D eigenvalue weighted by Gasteiger charge is 2.17. The summed E-state index contributed by atoms with van der Waals surface area (Å²) in [7, 11) is 0. The quantitative estimate of drug-likeness (QED) is 0.522. The van der Waals surface area contributed by atoms with Crippen LogP contribution in [0.25, 0.3) is 16.7 Å². The van der Waals surface area contributed by atoms with Gasteiger partial charge in [-0.15, -0.1) is 6.58 Å². The summed E-state index contributed by atoms with van der Waals surface area (Å²) in [6.07, 6.45) is 5.55. The van der Waals surface area contributed by atoms with Gasteiger partial charge in [-0.05, 0) is 30.7 Å². The van der Waals surface area contributed by atoms with Crippen LogP contribution in [-0.4, -0.2) is 22.4 Å². The number of para-hydroxylation sites is 1. The van der Waals surface area contributed by atoms with Crippen molar-refractivity contribution >= 4 is 28.8 Å². The van der Waals surface area contributed by atoms with Crippen LogP contribution in [0.3, 0.4) is 0 Å². The van der Waals surface area contributed by atoms with Crippen molar-refractivity contribution in [3.8, 4) is 5.69 Å². The molecule has 0 aliphatic rings. The first-order valence-electron chi connectivity index (χ1n) is 7.66. The summed E-state index contributed by atoms with van der Waals surface area (Å²) in [5.74, 6) is 0.796. The zero-order valence-corrected chi connectivity index (χ0v) is 14.6. The summed E-state index contributed by atoms with van der Waals surface area (Å²) in [5, 5.41) is 0.657. The molecule has 0 radical (unpaired) electrons. The predicted molar refractivity (Wildman–Crippen MR) is 103 cm³/mol. The van der Waals surface area contributed by atoms with E-state index >= 15 is 0 Å². The lowest BCUT2D eigenvalue weighted by atomic mass is 10.1. The van der Waals surface area contributed by atoms with Gasteiger partial charge in [0.15, 0.2) is 5.43 Å². The Morgan fingerprint density at radius 1 is 1.29 bits per heavy atom. The zero-order chi connectivity index (χ0) is 17.1. The van der Waals surface area contributed by atoms with Crippen LogP contribution >= 0.6 is 11.9 Å². The number of fused-ring (bicyclic) bond motifs is 1. The third-order valence-electron chi connectivity index (χ3n) is 3.87. The molecule has 0 N–H and O–H groups in total. The van der Waals surface area contributed by atoms with Crippen LogP contribution in [0.4, 0.5) is 5.82 Å². The minimum atomic E-state index is -0.0131. The number of aromatic nitrogens is 2. The number of rotatable bonds is 5. The van der Waals surface area contributed by atoms with E-state index in [2.05, 4.69) is 11.6 Å². The van der Waals surface area contributed by atoms with Crippen molar-refractivity contribution in [2.24, 2.45) is 0 Å². The van der Waals surface area contributed by atoms with Crippen molar-refractivity contribution in [3.05, 3.63) is 77.1 Å². The summed E-state index contributed by atoms with van der Waals surface area (Å²) in [6.45, 7) is 6.39. The van der Waals surface area contributed by atoms with Gasteiger partial charge in [0.2, 0.25) is 0 Å². The molecule has 2 aromatic heterocycles. The third kappa shape index (κ3) is 2.83. The molecule has 0 saturated heterocycles. The van der Waals surface area contributed by atoms with E-state index in [1.54, 1.807) is 24.2 Å². The lowest BCUT2D eigenvalue weighted by Crippen LogP contribution is -2.22. The van der Waals surface area contributed by atoms with Crippen LogP contribution in [0, 0.1) is 6.92 Å². The minimum absolute atomic E-state index is 0.0131. The Morgan fingerprint density at radius 3 is 2.71 bits per heavy atom. The van der Waals surface area contributed by atoms with Crippen LogP contribution in [-0.2, 0) is 0 Å². The van der Waals surface area contributed by atoms with Crippen LogP contribution < -0.4 is 9.73 Å². The normalized spacial score (nSPS) is 10.8. The average Bonchev–Trinajstić information content (AvgIpc) is 2.60. The first-order chi connectivity index (χ1) is 11.7. The maximum atomic E-state index is 12.7. The fourth-order valence-electron chi connectivity index (χ4n) is 2.77. The van der Waals surface area contributed by atoms with E-state index < -0.39 is 0 Å². The van der Waals surface area contributed by atoms with Gasteiger partial charge >= 0.3 is 0 Å². The van der Waals surface area contributed by atoms with Gasteiger partial charge in [-0.25, -0.2) is 4.98 Å². The molecule has 0 atom stereocenters. The highest BCUT2D eigenvalue weighted by Crippen LogP contribution is 2.27. The molecule has 0 fully saturated rings. The largest absolute Gasteiger partial charge is 0.298 e. The zero-order valence-electron chi connectivity index (χ0n) is 13.8. The van der Waals surface area contributed by atoms with E-state index in [9.17, 15) is 4.79 Å². The second-order valence-corrected chi connectivity index (χ2v) is 6.20. The predicted octanol–water partition coefficient (Wildman–Crippen LogP) is 3.96. The Bertz CT molecular complexity index is 934. The van der Waals surface area contributed by atoms with E-state index in [0.717, 1.165) is 17.1 Å². The maximum absolute atomic E-state index is 12.7. The lowest BCUT2D eigenvalue weighted by Gasteiger charge is -2.25. The summed E-state index contributed by atoms with van der Waals surface area (Å²) >= 11 is 1.55. The van der Waals surface area contributed by atoms with E-state index in [-0.39, 0.29) is 5.43 Å². The van der Waals surface area contributed by atoms with Crippen LogP contribution in [0.15, 0.2) is 66.1 Å². The molecule has 0 aliphatic carbocycles. The van der Waals surface area contributed by atoms with Crippen molar-refractivity contribution in [2.45, 2.75) is 6.92 Å². The fourth-order valence-corrected chi connectivity index (χ4v) is 3.35. The number of nitrogens with zero attached hydrogens (tertiary/aromatic N) is 3. The van der Waals surface area contributed by atoms with Gasteiger partial charge in [-0.3, -0.25) is 13.7 Å². The Labute approximate surface area is 145 Å². The molecule has 4 nitrogen and oxygen atoms in total. The van der Waals surface area contributed by atoms with Gasteiger partial charge in [0.25, 0.3) is 0 Å². The Hall–Kier alpha value is -2.53. The SMILES string of the molecule is C=CCN(SC)c1cc(=O)c2c(C)ccnc2n1-c1ccccc1. The van der Waals surface area contributed by atoms with E-state index in [0.29, 0.717) is 17.6 Å². The van der Waals surface area contributed by atoms with E-state index in [1.165, 1.54) is 0 Å². The lowest BCUT2D eigenvalue weighted by molar-refractivity contribution is 1.01. The molecule has 0 unspecified atom stereocenters. The standard InChI is InChI=1S/C19H19N3OS/c1-4-12-21(24-3)17-13-16(23)18-14(2)10-11-20-19(18)22(17)15-8-6-5-7-9-15/h4-11,13H,1,12H2,2-3H3. The van der Waals surface area contributed by atoms with Gasteiger partial charge in [0.1, 0.15) is 11.5 Å². The molecule has 0 spiro atoms. The molecule has 0 saturated carbocycles. The van der Waals surface area contributed by atoms with E-state index in [1.807, 2.05) is 64.5 Å². The molecule has 1 aromatic carbocycles. The Balaban J connectivity index is 2.43. The molecule has 122 valence electrons. The molecule has 24 heavy (non-hydrogen) atoms. The summed E-state index contributed by atoms with van der Waals surface area (Å²) < 4.78 is 4.06. The Kier molecular flexibility index (Phi) is 4.71. The number of benzene rings is 1. The number of anilines is 1. The van der Waals surface area contributed by atoms with Crippen molar-refractivity contribution in [3.63, 3.8) is 0 Å². The first kappa shape index (κ1) is 16.3. The maximum Gasteiger partial charge on any atom is 0.193 e. The van der Waals surface area contributed by atoms with Gasteiger partial charge in [-0.2, -0.15) is 0 Å². The monoisotopic (exact) mass is 337 g/mol. The second-order valence-electron chi connectivity index (χ2n) is 5.40. The first-order valence-corrected chi connectivity index (χ1v) is 8.85. The van der Waals surface area contributed by atoms with Crippen molar-refractivity contribution in [2.75, 3.05) is 17.1 Å². The average molecular weight is 337 g/mol. The van der Waals surface area contributed by atoms with Crippen LogP contribution in [0.5, 0.6) is 0 Å². The summed E-state index contributed by atoms with van der Waals surface area (Å²) in [4.78, 5) is 17.2. The molecule has 3 aromatic rings. The van der Waals surface area contributed by atoms with Gasteiger partial charge in [0.05, 0.1) is 5.39 Å². The molecule has 0 amide bonds.